The Kier molecular flexibility index (Phi) is 4.23. The Bertz CT molecular complexity index is 499. The maximum atomic E-state index is 13.8. The molecule has 1 aromatic heterocycles. The lowest BCUT2D eigenvalue weighted by Crippen LogP contribution is -2.25. The van der Waals surface area contributed by atoms with E-state index in [1.54, 1.807) is 0 Å². The lowest BCUT2D eigenvalue weighted by atomic mass is 10.1. The number of aromatic nitrogens is 1. The molecule has 0 bridgehead atoms. The number of nitrogens with one attached hydrogen (secondary N) is 2. The van der Waals surface area contributed by atoms with Crippen LogP contribution in [0, 0.1) is 11.7 Å². The van der Waals surface area contributed by atoms with Crippen molar-refractivity contribution in [3.63, 3.8) is 0 Å². The molecule has 1 aromatic rings. The summed E-state index contributed by atoms with van der Waals surface area (Å²) in [6.07, 6.45) is 5.74. The van der Waals surface area contributed by atoms with E-state index < -0.39 is 11.7 Å². The van der Waals surface area contributed by atoms with Crippen LogP contribution in [0.3, 0.4) is 0 Å². The number of amides is 1. The minimum atomic E-state index is -0.767. The van der Waals surface area contributed by atoms with E-state index in [1.807, 2.05) is 13.8 Å². The highest BCUT2D eigenvalue weighted by molar-refractivity contribution is 5.93. The van der Waals surface area contributed by atoms with Crippen LogP contribution in [0.1, 0.15) is 49.9 Å². The van der Waals surface area contributed by atoms with Gasteiger partial charge in [0.1, 0.15) is 0 Å². The van der Waals surface area contributed by atoms with Crippen LogP contribution < -0.4 is 10.8 Å². The van der Waals surface area contributed by atoms with E-state index in [0.717, 1.165) is 18.9 Å². The van der Waals surface area contributed by atoms with Gasteiger partial charge in [0, 0.05) is 11.7 Å². The summed E-state index contributed by atoms with van der Waals surface area (Å²) in [5.41, 5.74) is 1.48. The zero-order valence-corrected chi connectivity index (χ0v) is 11.7. The summed E-state index contributed by atoms with van der Waals surface area (Å²) in [5.74, 6) is -0.507. The molecule has 0 saturated heterocycles. The Labute approximate surface area is 117 Å². The number of pyridine rings is 1. The van der Waals surface area contributed by atoms with E-state index in [1.165, 1.54) is 24.5 Å². The summed E-state index contributed by atoms with van der Waals surface area (Å²) in [6.45, 7) is 4.00. The number of anilines is 1. The summed E-state index contributed by atoms with van der Waals surface area (Å²) < 4.78 is 13.8. The molecule has 20 heavy (non-hydrogen) atoms. The fourth-order valence-corrected chi connectivity index (χ4v) is 2.36. The maximum absolute atomic E-state index is 13.8. The minimum Gasteiger partial charge on any atom is -0.362 e. The Balaban J connectivity index is 0.000000704. The Morgan fingerprint density at radius 1 is 1.45 bits per heavy atom. The predicted molar refractivity (Wildman–Crippen MR) is 73.1 cm³/mol. The van der Waals surface area contributed by atoms with Gasteiger partial charge in [-0.3, -0.25) is 10.0 Å². The SMILES string of the molecule is CC.O=C(NO)c1cnc(NC2(C3CC3)CC2)c(F)c1. The highest BCUT2D eigenvalue weighted by Gasteiger charge is 2.54. The summed E-state index contributed by atoms with van der Waals surface area (Å²) in [6, 6.07) is 1.07. The van der Waals surface area contributed by atoms with Crippen LogP contribution >= 0.6 is 0 Å². The molecule has 2 saturated carbocycles. The molecule has 6 heteroatoms. The van der Waals surface area contributed by atoms with Crippen molar-refractivity contribution in [3.05, 3.63) is 23.6 Å². The van der Waals surface area contributed by atoms with E-state index in [2.05, 4.69) is 10.3 Å². The lowest BCUT2D eigenvalue weighted by molar-refractivity contribution is 0.0705. The topological polar surface area (TPSA) is 74.2 Å². The van der Waals surface area contributed by atoms with Gasteiger partial charge in [0.15, 0.2) is 11.6 Å². The number of halogens is 1. The van der Waals surface area contributed by atoms with Crippen molar-refractivity contribution in [2.75, 3.05) is 5.32 Å². The van der Waals surface area contributed by atoms with Crippen LogP contribution in [0.4, 0.5) is 10.2 Å². The second-order valence-corrected chi connectivity index (χ2v) is 5.05. The number of hydrogen-bond acceptors (Lipinski definition) is 4. The van der Waals surface area contributed by atoms with Crippen LogP contribution in [0.15, 0.2) is 12.3 Å². The zero-order chi connectivity index (χ0) is 14.8. The Hall–Kier alpha value is -1.69. The maximum Gasteiger partial charge on any atom is 0.276 e. The third-order valence-electron chi connectivity index (χ3n) is 3.72. The molecule has 0 aliphatic heterocycles. The molecule has 5 nitrogen and oxygen atoms in total. The third-order valence-corrected chi connectivity index (χ3v) is 3.72. The molecule has 2 fully saturated rings. The van der Waals surface area contributed by atoms with Crippen molar-refractivity contribution in [1.82, 2.24) is 10.5 Å². The molecule has 0 aromatic carbocycles. The molecule has 110 valence electrons. The number of rotatable bonds is 4. The third kappa shape index (κ3) is 2.90. The first-order valence-electron chi connectivity index (χ1n) is 7.03. The van der Waals surface area contributed by atoms with Crippen LogP contribution in [0.25, 0.3) is 0 Å². The first kappa shape index (κ1) is 14.7. The quantitative estimate of drug-likeness (QED) is 0.586. The van der Waals surface area contributed by atoms with Crippen molar-refractivity contribution in [2.24, 2.45) is 5.92 Å². The van der Waals surface area contributed by atoms with Crippen LogP contribution in [-0.4, -0.2) is 21.6 Å². The van der Waals surface area contributed by atoms with Crippen LogP contribution in [0.5, 0.6) is 0 Å². The van der Waals surface area contributed by atoms with Gasteiger partial charge < -0.3 is 5.32 Å². The number of nitrogens with zero attached hydrogens (tertiary/aromatic N) is 1. The number of carbonyl (C=O) groups is 1. The van der Waals surface area contributed by atoms with Crippen molar-refractivity contribution < 1.29 is 14.4 Å². The zero-order valence-electron chi connectivity index (χ0n) is 11.7. The minimum absolute atomic E-state index is 0.00295. The van der Waals surface area contributed by atoms with E-state index in [9.17, 15) is 9.18 Å². The Morgan fingerprint density at radius 2 is 2.10 bits per heavy atom. The second kappa shape index (κ2) is 5.75. The van der Waals surface area contributed by atoms with E-state index in [-0.39, 0.29) is 16.9 Å². The highest BCUT2D eigenvalue weighted by atomic mass is 19.1. The second-order valence-electron chi connectivity index (χ2n) is 5.05. The molecule has 3 rings (SSSR count). The van der Waals surface area contributed by atoms with Gasteiger partial charge >= 0.3 is 0 Å². The van der Waals surface area contributed by atoms with Crippen molar-refractivity contribution >= 4 is 11.7 Å². The molecule has 0 unspecified atom stereocenters. The fourth-order valence-electron chi connectivity index (χ4n) is 2.36. The standard InChI is InChI=1S/C12H14FN3O2.C2H6/c13-9-5-7(11(17)16-18)6-14-10(9)15-12(3-4-12)8-1-2-8;1-2/h5-6,8,18H,1-4H2,(H,14,15)(H,16,17);1-2H3. The summed E-state index contributed by atoms with van der Waals surface area (Å²) in [5, 5.41) is 11.6. The predicted octanol–water partition coefficient (Wildman–Crippen LogP) is 2.72. The van der Waals surface area contributed by atoms with Gasteiger partial charge in [-0.2, -0.15) is 0 Å². The van der Waals surface area contributed by atoms with Crippen molar-refractivity contribution in [1.29, 1.82) is 0 Å². The molecule has 3 N–H and O–H groups in total. The number of carbonyl (C=O) groups excluding carboxylic acids is 1. The molecular formula is C14H20FN3O2. The van der Waals surface area contributed by atoms with Gasteiger partial charge in [0.05, 0.1) is 5.56 Å². The average Bonchev–Trinajstić information content (AvgIpc) is 3.35. The normalized spacial score (nSPS) is 18.6. The fraction of sp³-hybridized carbons (Fsp3) is 0.571. The summed E-state index contributed by atoms with van der Waals surface area (Å²) in [4.78, 5) is 15.0. The summed E-state index contributed by atoms with van der Waals surface area (Å²) >= 11 is 0. The molecule has 0 atom stereocenters. The smallest absolute Gasteiger partial charge is 0.276 e. The van der Waals surface area contributed by atoms with E-state index in [0.29, 0.717) is 5.92 Å². The van der Waals surface area contributed by atoms with Gasteiger partial charge in [0.2, 0.25) is 0 Å². The van der Waals surface area contributed by atoms with E-state index >= 15 is 0 Å². The molecule has 2 aliphatic rings. The summed E-state index contributed by atoms with van der Waals surface area (Å²) in [7, 11) is 0. The molecule has 1 heterocycles. The van der Waals surface area contributed by atoms with Gasteiger partial charge in [-0.25, -0.2) is 14.9 Å². The van der Waals surface area contributed by atoms with Crippen LogP contribution in [0.2, 0.25) is 0 Å². The molecule has 0 spiro atoms. The molecule has 2 aliphatic carbocycles. The number of hydrogen-bond donors (Lipinski definition) is 3. The van der Waals surface area contributed by atoms with E-state index in [4.69, 9.17) is 5.21 Å². The highest BCUT2D eigenvalue weighted by Crippen LogP contribution is 2.55. The van der Waals surface area contributed by atoms with Crippen molar-refractivity contribution in [2.45, 2.75) is 45.1 Å². The number of hydroxylamine groups is 1. The molecular weight excluding hydrogens is 261 g/mol. The lowest BCUT2D eigenvalue weighted by Gasteiger charge is -2.17. The largest absolute Gasteiger partial charge is 0.362 e. The molecule has 0 radical (unpaired) electrons. The van der Waals surface area contributed by atoms with Gasteiger partial charge in [-0.05, 0) is 37.7 Å². The van der Waals surface area contributed by atoms with Crippen LogP contribution in [-0.2, 0) is 0 Å². The monoisotopic (exact) mass is 281 g/mol. The van der Waals surface area contributed by atoms with Gasteiger partial charge in [-0.15, -0.1) is 0 Å². The molecule has 1 amide bonds. The van der Waals surface area contributed by atoms with Gasteiger partial charge in [-0.1, -0.05) is 13.8 Å². The average molecular weight is 281 g/mol. The first-order chi connectivity index (χ1) is 9.64. The van der Waals surface area contributed by atoms with Gasteiger partial charge in [0.25, 0.3) is 5.91 Å². The Morgan fingerprint density at radius 3 is 2.55 bits per heavy atom. The first-order valence-corrected chi connectivity index (χ1v) is 7.03. The van der Waals surface area contributed by atoms with Crippen molar-refractivity contribution in [3.8, 4) is 0 Å².